The smallest absolute Gasteiger partial charge is 0.319 e. The first-order valence-electron chi connectivity index (χ1n) is 4.72. The predicted molar refractivity (Wildman–Crippen MR) is 65.0 cm³/mol. The Balaban J connectivity index is 0. The van der Waals surface area contributed by atoms with E-state index >= 15 is 0 Å². The van der Waals surface area contributed by atoms with Crippen molar-refractivity contribution in [2.45, 2.75) is 18.9 Å². The first kappa shape index (κ1) is 17.4. The average molecular weight is 259 g/mol. The highest BCUT2D eigenvalue weighted by Gasteiger charge is 2.19. The van der Waals surface area contributed by atoms with E-state index in [0.717, 1.165) is 25.9 Å². The fourth-order valence-corrected chi connectivity index (χ4v) is 1.64. The molecule has 0 aliphatic carbocycles. The third-order valence-corrected chi connectivity index (χ3v) is 2.54. The number of ether oxygens (including phenoxy) is 1. The van der Waals surface area contributed by atoms with E-state index in [1.165, 1.54) is 7.11 Å². The molecular weight excluding hydrogens is 239 g/mol. The maximum atomic E-state index is 11.0. The van der Waals surface area contributed by atoms with Crippen LogP contribution in [0.3, 0.4) is 0 Å². The Kier molecular flexibility index (Phi) is 10.7. The Morgan fingerprint density at radius 3 is 2.40 bits per heavy atom. The monoisotopic (exact) mass is 258 g/mol. The molecule has 0 amide bonds. The van der Waals surface area contributed by atoms with Gasteiger partial charge in [0.05, 0.1) is 13.7 Å². The predicted octanol–water partition coefficient (Wildman–Crippen LogP) is 0.687. The SMILES string of the molecule is COC(=O)CN(C)C1CCNCC1.Cl.Cl. The van der Waals surface area contributed by atoms with Gasteiger partial charge in [-0.15, -0.1) is 24.8 Å². The summed E-state index contributed by atoms with van der Waals surface area (Å²) in [6, 6.07) is 0.528. The van der Waals surface area contributed by atoms with Gasteiger partial charge in [-0.25, -0.2) is 0 Å². The van der Waals surface area contributed by atoms with Crippen LogP contribution in [0.5, 0.6) is 0 Å². The largest absolute Gasteiger partial charge is 0.468 e. The van der Waals surface area contributed by atoms with Crippen LogP contribution in [0.15, 0.2) is 0 Å². The van der Waals surface area contributed by atoms with Crippen molar-refractivity contribution in [3.63, 3.8) is 0 Å². The summed E-state index contributed by atoms with van der Waals surface area (Å²) < 4.78 is 4.62. The first-order chi connectivity index (χ1) is 6.24. The summed E-state index contributed by atoms with van der Waals surface area (Å²) in [4.78, 5) is 13.1. The number of nitrogens with one attached hydrogen (secondary N) is 1. The molecule has 6 heteroatoms. The maximum Gasteiger partial charge on any atom is 0.319 e. The average Bonchev–Trinajstić information content (AvgIpc) is 2.19. The van der Waals surface area contributed by atoms with Crippen LogP contribution in [0.1, 0.15) is 12.8 Å². The van der Waals surface area contributed by atoms with E-state index in [1.807, 2.05) is 7.05 Å². The third-order valence-electron chi connectivity index (χ3n) is 2.54. The molecule has 1 rings (SSSR count). The Bertz CT molecular complexity index is 175. The maximum absolute atomic E-state index is 11.0. The molecular formula is C9H20Cl2N2O2. The van der Waals surface area contributed by atoms with E-state index in [1.54, 1.807) is 0 Å². The zero-order valence-corrected chi connectivity index (χ0v) is 10.8. The molecule has 0 saturated carbocycles. The second kappa shape index (κ2) is 9.21. The number of likely N-dealkylation sites (N-methyl/N-ethyl adjacent to an activating group) is 1. The lowest BCUT2D eigenvalue weighted by Gasteiger charge is -2.30. The molecule has 4 nitrogen and oxygen atoms in total. The number of esters is 1. The van der Waals surface area contributed by atoms with Gasteiger partial charge in [-0.1, -0.05) is 0 Å². The van der Waals surface area contributed by atoms with Crippen molar-refractivity contribution in [3.8, 4) is 0 Å². The van der Waals surface area contributed by atoms with E-state index in [-0.39, 0.29) is 30.8 Å². The van der Waals surface area contributed by atoms with Crippen molar-refractivity contribution in [1.82, 2.24) is 10.2 Å². The van der Waals surface area contributed by atoms with Crippen molar-refractivity contribution in [3.05, 3.63) is 0 Å². The van der Waals surface area contributed by atoms with Gasteiger partial charge in [0.2, 0.25) is 0 Å². The van der Waals surface area contributed by atoms with Crippen LogP contribution in [-0.2, 0) is 9.53 Å². The van der Waals surface area contributed by atoms with Crippen LogP contribution < -0.4 is 5.32 Å². The fourth-order valence-electron chi connectivity index (χ4n) is 1.64. The number of piperidine rings is 1. The quantitative estimate of drug-likeness (QED) is 0.757. The first-order valence-corrected chi connectivity index (χ1v) is 4.72. The summed E-state index contributed by atoms with van der Waals surface area (Å²) in [7, 11) is 3.41. The lowest BCUT2D eigenvalue weighted by atomic mass is 10.1. The fraction of sp³-hybridized carbons (Fsp3) is 0.889. The molecule has 0 radical (unpaired) electrons. The van der Waals surface area contributed by atoms with Crippen LogP contribution in [0.4, 0.5) is 0 Å². The van der Waals surface area contributed by atoms with E-state index in [4.69, 9.17) is 0 Å². The van der Waals surface area contributed by atoms with Crippen LogP contribution in [-0.4, -0.2) is 50.7 Å². The summed E-state index contributed by atoms with van der Waals surface area (Å²) in [5.74, 6) is -0.152. The molecule has 1 N–H and O–H groups in total. The minimum absolute atomic E-state index is 0. The summed E-state index contributed by atoms with van der Waals surface area (Å²) in [5, 5.41) is 3.29. The topological polar surface area (TPSA) is 41.6 Å². The molecule has 15 heavy (non-hydrogen) atoms. The Morgan fingerprint density at radius 1 is 1.40 bits per heavy atom. The van der Waals surface area contributed by atoms with E-state index < -0.39 is 0 Å². The minimum atomic E-state index is -0.152. The number of hydrogen-bond donors (Lipinski definition) is 1. The standard InChI is InChI=1S/C9H18N2O2.2ClH/c1-11(7-9(12)13-2)8-3-5-10-6-4-8;;/h8,10H,3-7H2,1-2H3;2*1H. The molecule has 1 aliphatic rings. The van der Waals surface area contributed by atoms with E-state index in [9.17, 15) is 4.79 Å². The van der Waals surface area contributed by atoms with Gasteiger partial charge in [-0.3, -0.25) is 9.69 Å². The lowest BCUT2D eigenvalue weighted by molar-refractivity contribution is -0.142. The zero-order valence-electron chi connectivity index (χ0n) is 9.19. The summed E-state index contributed by atoms with van der Waals surface area (Å²) in [5.41, 5.74) is 0. The molecule has 0 spiro atoms. The van der Waals surface area contributed by atoms with Crippen molar-refractivity contribution < 1.29 is 9.53 Å². The van der Waals surface area contributed by atoms with Crippen molar-refractivity contribution >= 4 is 30.8 Å². The number of carbonyl (C=O) groups is 1. The van der Waals surface area contributed by atoms with E-state index in [2.05, 4.69) is 15.0 Å². The molecule has 0 aromatic carbocycles. The number of hydrogen-bond acceptors (Lipinski definition) is 4. The number of nitrogens with zero attached hydrogens (tertiary/aromatic N) is 1. The van der Waals surface area contributed by atoms with Gasteiger partial charge < -0.3 is 10.1 Å². The summed E-state index contributed by atoms with van der Waals surface area (Å²) in [6.45, 7) is 2.51. The Morgan fingerprint density at radius 2 is 1.93 bits per heavy atom. The number of halogens is 2. The van der Waals surface area contributed by atoms with Crippen molar-refractivity contribution in [2.75, 3.05) is 33.8 Å². The molecule has 0 bridgehead atoms. The van der Waals surface area contributed by atoms with Crippen molar-refractivity contribution in [2.24, 2.45) is 0 Å². The molecule has 1 saturated heterocycles. The number of rotatable bonds is 3. The third kappa shape index (κ3) is 6.20. The molecule has 0 atom stereocenters. The molecule has 1 fully saturated rings. The summed E-state index contributed by atoms with van der Waals surface area (Å²) in [6.07, 6.45) is 2.24. The van der Waals surface area contributed by atoms with Crippen LogP contribution >= 0.6 is 24.8 Å². The van der Waals surface area contributed by atoms with Crippen LogP contribution in [0.25, 0.3) is 0 Å². The van der Waals surface area contributed by atoms with Gasteiger partial charge in [-0.2, -0.15) is 0 Å². The second-order valence-corrected chi connectivity index (χ2v) is 3.47. The number of carbonyl (C=O) groups excluding carboxylic acids is 1. The Hall–Kier alpha value is -0.0300. The normalized spacial score (nSPS) is 16.5. The molecule has 0 unspecified atom stereocenters. The van der Waals surface area contributed by atoms with Gasteiger partial charge in [0.25, 0.3) is 0 Å². The molecule has 1 aliphatic heterocycles. The van der Waals surface area contributed by atoms with Gasteiger partial charge in [-0.05, 0) is 33.0 Å². The van der Waals surface area contributed by atoms with Crippen LogP contribution in [0.2, 0.25) is 0 Å². The van der Waals surface area contributed by atoms with Gasteiger partial charge in [0.15, 0.2) is 0 Å². The lowest BCUT2D eigenvalue weighted by Crippen LogP contribution is -2.43. The highest BCUT2D eigenvalue weighted by atomic mass is 35.5. The Labute approximate surface area is 104 Å². The minimum Gasteiger partial charge on any atom is -0.468 e. The highest BCUT2D eigenvalue weighted by Crippen LogP contribution is 2.09. The molecule has 1 heterocycles. The van der Waals surface area contributed by atoms with Gasteiger partial charge in [0.1, 0.15) is 0 Å². The van der Waals surface area contributed by atoms with Gasteiger partial charge in [0, 0.05) is 6.04 Å². The number of methoxy groups -OCH3 is 1. The molecule has 0 aromatic rings. The van der Waals surface area contributed by atoms with E-state index in [0.29, 0.717) is 12.6 Å². The highest BCUT2D eigenvalue weighted by molar-refractivity contribution is 5.85. The second-order valence-electron chi connectivity index (χ2n) is 3.47. The van der Waals surface area contributed by atoms with Crippen molar-refractivity contribution in [1.29, 1.82) is 0 Å². The summed E-state index contributed by atoms with van der Waals surface area (Å²) >= 11 is 0. The van der Waals surface area contributed by atoms with Crippen LogP contribution in [0, 0.1) is 0 Å². The zero-order chi connectivity index (χ0) is 9.68. The molecule has 0 aromatic heterocycles. The molecule has 92 valence electrons. The van der Waals surface area contributed by atoms with Gasteiger partial charge >= 0.3 is 5.97 Å².